The summed E-state index contributed by atoms with van der Waals surface area (Å²) >= 11 is 0. The highest BCUT2D eigenvalue weighted by atomic mass is 16.2. The van der Waals surface area contributed by atoms with Crippen LogP contribution in [0, 0.1) is 5.41 Å². The van der Waals surface area contributed by atoms with E-state index in [-0.39, 0.29) is 17.4 Å². The van der Waals surface area contributed by atoms with Crippen LogP contribution in [-0.4, -0.2) is 18.5 Å². The average molecular weight is 250 g/mol. The van der Waals surface area contributed by atoms with Crippen LogP contribution in [-0.2, 0) is 4.79 Å². The van der Waals surface area contributed by atoms with Crippen molar-refractivity contribution in [3.8, 4) is 0 Å². The second kappa shape index (κ2) is 5.87. The van der Waals surface area contributed by atoms with Gasteiger partial charge in [0, 0.05) is 12.6 Å². The first kappa shape index (κ1) is 13.6. The molecule has 1 amide bonds. The molecule has 0 heterocycles. The summed E-state index contributed by atoms with van der Waals surface area (Å²) in [5.41, 5.74) is 7.24. The lowest BCUT2D eigenvalue weighted by molar-refractivity contribution is -0.130. The largest absolute Gasteiger partial charge is 0.355 e. The molecule has 2 atom stereocenters. The third-order valence-electron chi connectivity index (χ3n) is 4.67. The van der Waals surface area contributed by atoms with Gasteiger partial charge in [-0.05, 0) is 51.9 Å². The van der Waals surface area contributed by atoms with Crippen molar-refractivity contribution in [1.82, 2.24) is 5.32 Å². The Morgan fingerprint density at radius 1 is 1.50 bits per heavy atom. The van der Waals surface area contributed by atoms with Gasteiger partial charge < -0.3 is 11.1 Å². The van der Waals surface area contributed by atoms with Crippen LogP contribution in [0.25, 0.3) is 0 Å². The minimum atomic E-state index is -0.332. The molecule has 0 saturated heterocycles. The van der Waals surface area contributed by atoms with Gasteiger partial charge in [0.1, 0.15) is 0 Å². The molecule has 0 aromatic carbocycles. The van der Waals surface area contributed by atoms with Gasteiger partial charge >= 0.3 is 0 Å². The van der Waals surface area contributed by atoms with Gasteiger partial charge in [-0.2, -0.15) is 0 Å². The van der Waals surface area contributed by atoms with Crippen LogP contribution in [0.3, 0.4) is 0 Å². The first-order chi connectivity index (χ1) is 8.63. The summed E-state index contributed by atoms with van der Waals surface area (Å²) in [6, 6.07) is 0.0337. The number of carbonyl (C=O) groups is 1. The lowest BCUT2D eigenvalue weighted by Crippen LogP contribution is -2.47. The number of nitrogens with one attached hydrogen (secondary N) is 1. The van der Waals surface area contributed by atoms with Gasteiger partial charge in [-0.3, -0.25) is 4.79 Å². The molecule has 0 radical (unpaired) electrons. The fourth-order valence-corrected chi connectivity index (χ4v) is 3.15. The molecule has 102 valence electrons. The maximum atomic E-state index is 12.2. The SMILES string of the molecule is CC1(C(=O)NCCC2=CCCCC2)CCCC1N. The molecule has 2 aliphatic carbocycles. The van der Waals surface area contributed by atoms with Crippen molar-refractivity contribution in [1.29, 1.82) is 0 Å². The van der Waals surface area contributed by atoms with Crippen LogP contribution in [0.1, 0.15) is 58.3 Å². The predicted octanol–water partition coefficient (Wildman–Crippen LogP) is 2.51. The second-order valence-corrected chi connectivity index (χ2v) is 6.03. The van der Waals surface area contributed by atoms with E-state index in [4.69, 9.17) is 5.73 Å². The summed E-state index contributed by atoms with van der Waals surface area (Å²) in [5.74, 6) is 0.156. The van der Waals surface area contributed by atoms with Crippen molar-refractivity contribution in [3.05, 3.63) is 11.6 Å². The zero-order valence-electron chi connectivity index (χ0n) is 11.5. The van der Waals surface area contributed by atoms with Gasteiger partial charge in [0.25, 0.3) is 0 Å². The summed E-state index contributed by atoms with van der Waals surface area (Å²) in [5, 5.41) is 3.08. The van der Waals surface area contributed by atoms with Crippen LogP contribution in [0.15, 0.2) is 11.6 Å². The molecule has 2 aliphatic rings. The Bertz CT molecular complexity index is 337. The quantitative estimate of drug-likeness (QED) is 0.753. The van der Waals surface area contributed by atoms with E-state index in [1.54, 1.807) is 0 Å². The Labute approximate surface area is 110 Å². The van der Waals surface area contributed by atoms with Crippen LogP contribution in [0.4, 0.5) is 0 Å². The third-order valence-corrected chi connectivity index (χ3v) is 4.67. The highest BCUT2D eigenvalue weighted by Crippen LogP contribution is 2.36. The van der Waals surface area contributed by atoms with Crippen molar-refractivity contribution in [2.75, 3.05) is 6.54 Å². The first-order valence-corrected chi connectivity index (χ1v) is 7.35. The molecule has 0 aromatic heterocycles. The van der Waals surface area contributed by atoms with Crippen molar-refractivity contribution in [3.63, 3.8) is 0 Å². The average Bonchev–Trinajstić information content (AvgIpc) is 2.72. The third kappa shape index (κ3) is 2.94. The smallest absolute Gasteiger partial charge is 0.227 e. The molecule has 1 fully saturated rings. The summed E-state index contributed by atoms with van der Waals surface area (Å²) in [4.78, 5) is 12.2. The Morgan fingerprint density at radius 2 is 2.33 bits per heavy atom. The molecule has 1 saturated carbocycles. The Kier molecular flexibility index (Phi) is 4.44. The second-order valence-electron chi connectivity index (χ2n) is 6.03. The molecule has 3 nitrogen and oxygen atoms in total. The zero-order chi connectivity index (χ0) is 13.0. The number of allylic oxidation sites excluding steroid dienone is 1. The van der Waals surface area contributed by atoms with Gasteiger partial charge in [-0.25, -0.2) is 0 Å². The maximum absolute atomic E-state index is 12.2. The van der Waals surface area contributed by atoms with E-state index in [2.05, 4.69) is 11.4 Å². The molecule has 0 aliphatic heterocycles. The summed E-state index contributed by atoms with van der Waals surface area (Å²) in [7, 11) is 0. The standard InChI is InChI=1S/C15H26N2O/c1-15(10-5-8-13(15)16)14(18)17-11-9-12-6-3-2-4-7-12/h6,13H,2-5,7-11,16H2,1H3,(H,17,18). The number of hydrogen-bond donors (Lipinski definition) is 2. The molecule has 2 unspecified atom stereocenters. The van der Waals surface area contributed by atoms with Gasteiger partial charge in [-0.1, -0.05) is 18.1 Å². The normalized spacial score (nSPS) is 32.1. The summed E-state index contributed by atoms with van der Waals surface area (Å²) in [6.45, 7) is 2.78. The van der Waals surface area contributed by atoms with E-state index < -0.39 is 0 Å². The molecule has 3 heteroatoms. The monoisotopic (exact) mass is 250 g/mol. The summed E-state index contributed by atoms with van der Waals surface area (Å²) < 4.78 is 0. The Morgan fingerprint density at radius 3 is 2.94 bits per heavy atom. The topological polar surface area (TPSA) is 55.1 Å². The molecule has 0 aromatic rings. The van der Waals surface area contributed by atoms with Gasteiger partial charge in [0.2, 0.25) is 5.91 Å². The Hall–Kier alpha value is -0.830. The zero-order valence-corrected chi connectivity index (χ0v) is 11.5. The number of rotatable bonds is 4. The predicted molar refractivity (Wildman–Crippen MR) is 74.1 cm³/mol. The van der Waals surface area contributed by atoms with Crippen molar-refractivity contribution < 1.29 is 4.79 Å². The van der Waals surface area contributed by atoms with Gasteiger partial charge in [-0.15, -0.1) is 0 Å². The number of hydrogen-bond acceptors (Lipinski definition) is 2. The van der Waals surface area contributed by atoms with Crippen LogP contribution in [0.2, 0.25) is 0 Å². The van der Waals surface area contributed by atoms with E-state index in [0.717, 1.165) is 32.2 Å². The summed E-state index contributed by atoms with van der Waals surface area (Å²) in [6.07, 6.45) is 11.4. The van der Waals surface area contributed by atoms with E-state index in [0.29, 0.717) is 0 Å². The van der Waals surface area contributed by atoms with Crippen molar-refractivity contribution in [2.24, 2.45) is 11.1 Å². The van der Waals surface area contributed by atoms with E-state index >= 15 is 0 Å². The molecule has 0 spiro atoms. The molecular weight excluding hydrogens is 224 g/mol. The van der Waals surface area contributed by atoms with E-state index in [1.165, 1.54) is 31.3 Å². The van der Waals surface area contributed by atoms with Gasteiger partial charge in [0.05, 0.1) is 5.41 Å². The molecule has 18 heavy (non-hydrogen) atoms. The Balaban J connectivity index is 1.76. The lowest BCUT2D eigenvalue weighted by Gasteiger charge is -2.27. The molecule has 0 bridgehead atoms. The maximum Gasteiger partial charge on any atom is 0.227 e. The number of carbonyl (C=O) groups excluding carboxylic acids is 1. The van der Waals surface area contributed by atoms with E-state index in [1.807, 2.05) is 6.92 Å². The van der Waals surface area contributed by atoms with Crippen molar-refractivity contribution in [2.45, 2.75) is 64.3 Å². The molecule has 3 N–H and O–H groups in total. The van der Waals surface area contributed by atoms with Gasteiger partial charge in [0.15, 0.2) is 0 Å². The van der Waals surface area contributed by atoms with Crippen LogP contribution in [0.5, 0.6) is 0 Å². The highest BCUT2D eigenvalue weighted by Gasteiger charge is 2.42. The molecular formula is C15H26N2O. The minimum Gasteiger partial charge on any atom is -0.355 e. The van der Waals surface area contributed by atoms with E-state index in [9.17, 15) is 4.79 Å². The van der Waals surface area contributed by atoms with Crippen LogP contribution >= 0.6 is 0 Å². The minimum absolute atomic E-state index is 0.0337. The highest BCUT2D eigenvalue weighted by molar-refractivity contribution is 5.83. The lowest BCUT2D eigenvalue weighted by atomic mass is 9.84. The fourth-order valence-electron chi connectivity index (χ4n) is 3.15. The van der Waals surface area contributed by atoms with Crippen molar-refractivity contribution >= 4 is 5.91 Å². The molecule has 2 rings (SSSR count). The first-order valence-electron chi connectivity index (χ1n) is 7.35. The fraction of sp³-hybridized carbons (Fsp3) is 0.800. The number of amides is 1. The van der Waals surface area contributed by atoms with Crippen LogP contribution < -0.4 is 11.1 Å². The number of nitrogens with two attached hydrogens (primary N) is 1.